The number of carbonyl (C=O) groups excluding carboxylic acids is 1. The first kappa shape index (κ1) is 23.8. The predicted octanol–water partition coefficient (Wildman–Crippen LogP) is 4.61. The topological polar surface area (TPSA) is 93.9 Å². The number of rotatable bonds is 3. The molecule has 1 unspecified atom stereocenters. The molecule has 1 aliphatic carbocycles. The summed E-state index contributed by atoms with van der Waals surface area (Å²) < 4.78 is 13.8. The number of halogens is 1. The van der Waals surface area contributed by atoms with Crippen LogP contribution in [0.2, 0.25) is 0 Å². The van der Waals surface area contributed by atoms with Crippen molar-refractivity contribution in [1.29, 1.82) is 0 Å². The number of fused-ring (bicyclic) bond motifs is 2. The van der Waals surface area contributed by atoms with Gasteiger partial charge in [0.05, 0.1) is 30.7 Å². The Bertz CT molecular complexity index is 1280. The maximum absolute atomic E-state index is 12.9. The Morgan fingerprint density at radius 2 is 1.94 bits per heavy atom. The van der Waals surface area contributed by atoms with Gasteiger partial charge in [-0.3, -0.25) is 0 Å². The van der Waals surface area contributed by atoms with Crippen LogP contribution in [0.5, 0.6) is 5.88 Å². The quantitative estimate of drug-likeness (QED) is 0.516. The van der Waals surface area contributed by atoms with Crippen molar-refractivity contribution in [2.24, 2.45) is 5.41 Å². The smallest absolute Gasteiger partial charge is 0.408 e. The lowest BCUT2D eigenvalue weighted by Gasteiger charge is -2.43. The number of nitrogens with zero attached hydrogens (tertiary/aromatic N) is 5. The van der Waals surface area contributed by atoms with Crippen LogP contribution in [0.15, 0.2) is 29.0 Å². The molecule has 186 valence electrons. The number of hydrogen-bond acceptors (Lipinski definition) is 7. The molecule has 0 bridgehead atoms. The number of piperidine rings is 1. The number of amides is 1. The van der Waals surface area contributed by atoms with Gasteiger partial charge in [-0.25, -0.2) is 19.3 Å². The molecule has 35 heavy (non-hydrogen) atoms. The molecule has 3 aromatic rings. The predicted molar refractivity (Wildman–Crippen MR) is 136 cm³/mol. The fourth-order valence-electron chi connectivity index (χ4n) is 5.32. The number of aromatic nitrogens is 4. The summed E-state index contributed by atoms with van der Waals surface area (Å²) in [6.07, 6.45) is 3.98. The first-order valence-corrected chi connectivity index (χ1v) is 12.7. The van der Waals surface area contributed by atoms with Crippen molar-refractivity contribution in [3.8, 4) is 5.88 Å². The van der Waals surface area contributed by atoms with Gasteiger partial charge in [-0.05, 0) is 74.5 Å². The van der Waals surface area contributed by atoms with Crippen molar-refractivity contribution in [2.45, 2.75) is 58.6 Å². The second-order valence-electron chi connectivity index (χ2n) is 10.4. The SMILES string of the molecule is COc1ccc2c(n1)C(NC(=O)OC(C)(C)C)C1(CCN(c3nc(C)c(Br)n4nccc34)CC1)C2. The highest BCUT2D eigenvalue weighted by Crippen LogP contribution is 2.52. The zero-order valence-corrected chi connectivity index (χ0v) is 22.3. The van der Waals surface area contributed by atoms with E-state index in [-0.39, 0.29) is 11.5 Å². The lowest BCUT2D eigenvalue weighted by Crippen LogP contribution is -2.48. The summed E-state index contributed by atoms with van der Waals surface area (Å²) >= 11 is 3.60. The molecular weight excluding hydrogens is 512 g/mol. The minimum absolute atomic E-state index is 0.157. The number of alkyl carbamates (subject to hydrolysis) is 1. The van der Waals surface area contributed by atoms with Gasteiger partial charge in [0.1, 0.15) is 15.7 Å². The Balaban J connectivity index is 1.44. The number of ether oxygens (including phenoxy) is 2. The third-order valence-electron chi connectivity index (χ3n) is 6.97. The minimum Gasteiger partial charge on any atom is -0.481 e. The number of carbonyl (C=O) groups is 1. The van der Waals surface area contributed by atoms with Crippen LogP contribution in [0.25, 0.3) is 5.52 Å². The lowest BCUT2D eigenvalue weighted by molar-refractivity contribution is 0.0425. The number of hydrogen-bond donors (Lipinski definition) is 1. The third-order valence-corrected chi connectivity index (χ3v) is 7.88. The van der Waals surface area contributed by atoms with E-state index < -0.39 is 11.7 Å². The fourth-order valence-corrected chi connectivity index (χ4v) is 5.69. The van der Waals surface area contributed by atoms with Crippen molar-refractivity contribution in [1.82, 2.24) is 24.9 Å². The molecule has 1 aliphatic heterocycles. The third kappa shape index (κ3) is 4.32. The number of nitrogens with one attached hydrogen (secondary N) is 1. The molecule has 1 N–H and O–H groups in total. The van der Waals surface area contributed by atoms with E-state index in [1.165, 1.54) is 0 Å². The zero-order chi connectivity index (χ0) is 25.0. The second-order valence-corrected chi connectivity index (χ2v) is 11.2. The molecule has 1 fully saturated rings. The van der Waals surface area contributed by atoms with Crippen LogP contribution >= 0.6 is 15.9 Å². The van der Waals surface area contributed by atoms with E-state index >= 15 is 0 Å². The molecule has 9 nitrogen and oxygen atoms in total. The molecule has 2 aliphatic rings. The normalized spacial score (nSPS) is 19.1. The minimum atomic E-state index is -0.578. The Hall–Kier alpha value is -2.88. The van der Waals surface area contributed by atoms with Gasteiger partial charge >= 0.3 is 6.09 Å². The van der Waals surface area contributed by atoms with Gasteiger partial charge < -0.3 is 19.7 Å². The van der Waals surface area contributed by atoms with Crippen molar-refractivity contribution in [3.05, 3.63) is 46.0 Å². The van der Waals surface area contributed by atoms with E-state index in [1.807, 2.05) is 44.3 Å². The average molecular weight is 543 g/mol. The largest absolute Gasteiger partial charge is 0.481 e. The van der Waals surface area contributed by atoms with Crippen LogP contribution in [-0.2, 0) is 11.2 Å². The Morgan fingerprint density at radius 1 is 1.20 bits per heavy atom. The highest BCUT2D eigenvalue weighted by atomic mass is 79.9. The van der Waals surface area contributed by atoms with Gasteiger partial charge in [-0.1, -0.05) is 6.07 Å². The highest BCUT2D eigenvalue weighted by molar-refractivity contribution is 9.10. The van der Waals surface area contributed by atoms with Crippen molar-refractivity contribution >= 4 is 33.4 Å². The van der Waals surface area contributed by atoms with E-state index in [1.54, 1.807) is 13.3 Å². The highest BCUT2D eigenvalue weighted by Gasteiger charge is 2.50. The first-order valence-electron chi connectivity index (χ1n) is 11.9. The molecule has 3 aromatic heterocycles. The van der Waals surface area contributed by atoms with E-state index in [0.717, 1.165) is 65.2 Å². The second kappa shape index (κ2) is 8.65. The van der Waals surface area contributed by atoms with Gasteiger partial charge in [0, 0.05) is 24.6 Å². The summed E-state index contributed by atoms with van der Waals surface area (Å²) in [6, 6.07) is 5.70. The molecule has 1 saturated heterocycles. The van der Waals surface area contributed by atoms with E-state index in [9.17, 15) is 4.79 Å². The van der Waals surface area contributed by atoms with Crippen molar-refractivity contribution < 1.29 is 14.3 Å². The maximum atomic E-state index is 12.9. The number of aryl methyl sites for hydroxylation is 1. The Labute approximate surface area is 213 Å². The molecular formula is C25H31BrN6O3. The molecule has 10 heteroatoms. The molecule has 4 heterocycles. The lowest BCUT2D eigenvalue weighted by atomic mass is 9.73. The van der Waals surface area contributed by atoms with Crippen LogP contribution in [0.3, 0.4) is 0 Å². The van der Waals surface area contributed by atoms with E-state index in [4.69, 9.17) is 19.4 Å². The van der Waals surface area contributed by atoms with Crippen molar-refractivity contribution in [2.75, 3.05) is 25.1 Å². The zero-order valence-electron chi connectivity index (χ0n) is 20.8. The average Bonchev–Trinajstić information content (AvgIpc) is 3.40. The fraction of sp³-hybridized carbons (Fsp3) is 0.520. The molecule has 5 rings (SSSR count). The van der Waals surface area contributed by atoms with Gasteiger partial charge in [0.2, 0.25) is 5.88 Å². The summed E-state index contributed by atoms with van der Waals surface area (Å²) in [5.74, 6) is 1.48. The first-order chi connectivity index (χ1) is 16.6. The molecule has 1 amide bonds. The molecule has 0 aromatic carbocycles. The number of pyridine rings is 1. The van der Waals surface area contributed by atoms with Crippen LogP contribution < -0.4 is 15.0 Å². The number of anilines is 1. The monoisotopic (exact) mass is 542 g/mol. The number of methoxy groups -OCH3 is 1. The standard InChI is InChI=1S/C25H31BrN6O3/c1-15-21(26)32-17(8-11-27-32)22(28-15)31-12-9-25(10-13-31)14-16-6-7-18(34-5)29-19(16)20(25)30-23(33)35-24(2,3)4/h6-8,11,20H,9-10,12-14H2,1-5H3,(H,30,33). The van der Waals surface area contributed by atoms with Gasteiger partial charge in [-0.15, -0.1) is 0 Å². The van der Waals surface area contributed by atoms with Crippen molar-refractivity contribution in [3.63, 3.8) is 0 Å². The van der Waals surface area contributed by atoms with Crippen LogP contribution in [-0.4, -0.2) is 51.5 Å². The van der Waals surface area contributed by atoms with Gasteiger partial charge in [0.25, 0.3) is 0 Å². The van der Waals surface area contributed by atoms with Crippen LogP contribution in [0, 0.1) is 12.3 Å². The van der Waals surface area contributed by atoms with Gasteiger partial charge in [0.15, 0.2) is 5.82 Å². The maximum Gasteiger partial charge on any atom is 0.408 e. The summed E-state index contributed by atoms with van der Waals surface area (Å²) in [5, 5.41) is 7.61. The van der Waals surface area contributed by atoms with Crippen LogP contribution in [0.4, 0.5) is 10.6 Å². The van der Waals surface area contributed by atoms with Crippen LogP contribution in [0.1, 0.15) is 56.6 Å². The van der Waals surface area contributed by atoms with E-state index in [2.05, 4.69) is 37.3 Å². The summed E-state index contributed by atoms with van der Waals surface area (Å²) in [4.78, 5) is 24.8. The summed E-state index contributed by atoms with van der Waals surface area (Å²) in [6.45, 7) is 9.21. The van der Waals surface area contributed by atoms with Gasteiger partial charge in [-0.2, -0.15) is 5.10 Å². The molecule has 1 atom stereocenters. The summed E-state index contributed by atoms with van der Waals surface area (Å²) in [5.41, 5.74) is 3.16. The summed E-state index contributed by atoms with van der Waals surface area (Å²) in [7, 11) is 1.61. The Morgan fingerprint density at radius 3 is 2.63 bits per heavy atom. The molecule has 0 radical (unpaired) electrons. The molecule has 0 saturated carbocycles. The van der Waals surface area contributed by atoms with E-state index in [0.29, 0.717) is 5.88 Å². The molecule has 1 spiro atoms. The Kier molecular flexibility index (Phi) is 5.89.